The first-order chi connectivity index (χ1) is 7.36. The lowest BCUT2D eigenvalue weighted by Crippen LogP contribution is -1.97. The molecule has 3 heteroatoms. The van der Waals surface area contributed by atoms with E-state index in [0.717, 1.165) is 30.8 Å². The Morgan fingerprint density at radius 3 is 3.07 bits per heavy atom. The van der Waals surface area contributed by atoms with Gasteiger partial charge in [0.05, 0.1) is 19.3 Å². The number of pyridine rings is 1. The molecule has 0 spiro atoms. The molecular weight excluding hydrogens is 188 g/mol. The Balaban J connectivity index is 2.57. The number of aromatic nitrogens is 1. The molecule has 0 saturated carbocycles. The van der Waals surface area contributed by atoms with Crippen molar-refractivity contribution in [2.75, 3.05) is 13.2 Å². The molecule has 0 saturated heterocycles. The van der Waals surface area contributed by atoms with E-state index < -0.39 is 0 Å². The van der Waals surface area contributed by atoms with Gasteiger partial charge < -0.3 is 10.5 Å². The molecule has 0 fully saturated rings. The minimum Gasteiger partial charge on any atom is -0.492 e. The molecule has 0 unspecified atom stereocenters. The van der Waals surface area contributed by atoms with Crippen molar-refractivity contribution < 1.29 is 4.74 Å². The van der Waals surface area contributed by atoms with Gasteiger partial charge in [-0.25, -0.2) is 0 Å². The lowest BCUT2D eigenvalue weighted by Gasteiger charge is -2.04. The molecule has 1 heterocycles. The summed E-state index contributed by atoms with van der Waals surface area (Å²) in [4.78, 5) is 4.05. The minimum atomic E-state index is 0.362. The molecule has 80 valence electrons. The van der Waals surface area contributed by atoms with Gasteiger partial charge in [-0.2, -0.15) is 0 Å². The number of nitrogens with zero attached hydrogens (tertiary/aromatic N) is 1. The smallest absolute Gasteiger partial charge is 0.138 e. The van der Waals surface area contributed by atoms with Crippen LogP contribution in [0.25, 0.3) is 0 Å². The Kier molecular flexibility index (Phi) is 5.28. The van der Waals surface area contributed by atoms with Gasteiger partial charge in [-0.1, -0.05) is 25.2 Å². The number of nitrogens with two attached hydrogens (primary N) is 1. The zero-order valence-electron chi connectivity index (χ0n) is 8.99. The molecule has 0 amide bonds. The second kappa shape index (κ2) is 6.86. The highest BCUT2D eigenvalue weighted by molar-refractivity contribution is 5.36. The first-order valence-electron chi connectivity index (χ1n) is 5.13. The van der Waals surface area contributed by atoms with Gasteiger partial charge in [-0.05, 0) is 12.5 Å². The van der Waals surface area contributed by atoms with Gasteiger partial charge in [0, 0.05) is 11.8 Å². The summed E-state index contributed by atoms with van der Waals surface area (Å²) in [5.41, 5.74) is 6.13. The van der Waals surface area contributed by atoms with E-state index in [1.807, 2.05) is 6.07 Å². The summed E-state index contributed by atoms with van der Waals surface area (Å²) in [7, 11) is 0. The van der Waals surface area contributed by atoms with Crippen LogP contribution in [0.15, 0.2) is 18.5 Å². The topological polar surface area (TPSA) is 48.1 Å². The van der Waals surface area contributed by atoms with E-state index in [4.69, 9.17) is 10.5 Å². The number of hydrogen-bond donors (Lipinski definition) is 1. The SMILES string of the molecule is CCCCOc1cncc(C#CCN)c1. The first-order valence-corrected chi connectivity index (χ1v) is 5.13. The Morgan fingerprint density at radius 1 is 1.47 bits per heavy atom. The quantitative estimate of drug-likeness (QED) is 0.598. The highest BCUT2D eigenvalue weighted by Gasteiger charge is 1.94. The van der Waals surface area contributed by atoms with Crippen molar-refractivity contribution in [3.05, 3.63) is 24.0 Å². The molecule has 0 aliphatic carbocycles. The van der Waals surface area contributed by atoms with E-state index in [1.165, 1.54) is 0 Å². The lowest BCUT2D eigenvalue weighted by atomic mass is 10.3. The van der Waals surface area contributed by atoms with Crippen molar-refractivity contribution in [3.8, 4) is 17.6 Å². The van der Waals surface area contributed by atoms with Gasteiger partial charge in [-0.15, -0.1) is 0 Å². The predicted octanol–water partition coefficient (Wildman–Crippen LogP) is 1.57. The normalized spacial score (nSPS) is 9.20. The number of unbranched alkanes of at least 4 members (excludes halogenated alkanes) is 1. The van der Waals surface area contributed by atoms with Gasteiger partial charge in [-0.3, -0.25) is 4.98 Å². The number of rotatable bonds is 4. The van der Waals surface area contributed by atoms with Crippen LogP contribution in [0.1, 0.15) is 25.3 Å². The van der Waals surface area contributed by atoms with Crippen molar-refractivity contribution >= 4 is 0 Å². The van der Waals surface area contributed by atoms with Gasteiger partial charge in [0.1, 0.15) is 5.75 Å². The van der Waals surface area contributed by atoms with Crippen LogP contribution in [0.4, 0.5) is 0 Å². The third-order valence-electron chi connectivity index (χ3n) is 1.81. The standard InChI is InChI=1S/C12H16N2O/c1-2-3-7-15-12-8-11(5-4-6-13)9-14-10-12/h8-10H,2-3,6-7,13H2,1H3. The molecule has 0 atom stereocenters. The van der Waals surface area contributed by atoms with Crippen LogP contribution in [0.5, 0.6) is 5.75 Å². The first kappa shape index (κ1) is 11.5. The maximum absolute atomic E-state index is 5.51. The summed E-state index contributed by atoms with van der Waals surface area (Å²) >= 11 is 0. The summed E-state index contributed by atoms with van der Waals surface area (Å²) in [6, 6.07) is 1.88. The summed E-state index contributed by atoms with van der Waals surface area (Å²) in [5, 5.41) is 0. The molecule has 0 aliphatic heterocycles. The number of hydrogen-bond acceptors (Lipinski definition) is 3. The van der Waals surface area contributed by atoms with Gasteiger partial charge >= 0.3 is 0 Å². The number of ether oxygens (including phenoxy) is 1. The minimum absolute atomic E-state index is 0.362. The fraction of sp³-hybridized carbons (Fsp3) is 0.417. The van der Waals surface area contributed by atoms with E-state index in [0.29, 0.717) is 6.54 Å². The summed E-state index contributed by atoms with van der Waals surface area (Å²) in [6.45, 7) is 3.22. The van der Waals surface area contributed by atoms with Crippen LogP contribution in [0, 0.1) is 11.8 Å². The van der Waals surface area contributed by atoms with Gasteiger partial charge in [0.15, 0.2) is 0 Å². The Morgan fingerprint density at radius 2 is 2.33 bits per heavy atom. The molecule has 0 aliphatic rings. The largest absolute Gasteiger partial charge is 0.492 e. The molecule has 15 heavy (non-hydrogen) atoms. The average molecular weight is 204 g/mol. The Hall–Kier alpha value is -1.53. The monoisotopic (exact) mass is 204 g/mol. The molecular formula is C12H16N2O. The van der Waals surface area contributed by atoms with Crippen molar-refractivity contribution in [2.45, 2.75) is 19.8 Å². The summed E-state index contributed by atoms with van der Waals surface area (Å²) in [6.07, 6.45) is 5.58. The van der Waals surface area contributed by atoms with E-state index in [1.54, 1.807) is 12.4 Å². The second-order valence-corrected chi connectivity index (χ2v) is 3.12. The maximum atomic E-state index is 5.51. The molecule has 0 radical (unpaired) electrons. The van der Waals surface area contributed by atoms with Crippen LogP contribution >= 0.6 is 0 Å². The molecule has 1 rings (SSSR count). The van der Waals surface area contributed by atoms with Crippen LogP contribution < -0.4 is 10.5 Å². The molecule has 0 aromatic carbocycles. The van der Waals surface area contributed by atoms with E-state index in [9.17, 15) is 0 Å². The Labute approximate surface area is 90.7 Å². The van der Waals surface area contributed by atoms with Gasteiger partial charge in [0.25, 0.3) is 0 Å². The zero-order valence-corrected chi connectivity index (χ0v) is 8.99. The van der Waals surface area contributed by atoms with E-state index in [-0.39, 0.29) is 0 Å². The average Bonchev–Trinajstić information content (AvgIpc) is 2.27. The fourth-order valence-corrected chi connectivity index (χ4v) is 1.05. The van der Waals surface area contributed by atoms with Crippen LogP contribution in [-0.2, 0) is 0 Å². The third kappa shape index (κ3) is 4.48. The predicted molar refractivity (Wildman–Crippen MR) is 60.6 cm³/mol. The molecule has 3 nitrogen and oxygen atoms in total. The zero-order chi connectivity index (χ0) is 10.9. The highest BCUT2D eigenvalue weighted by Crippen LogP contribution is 2.10. The molecule has 2 N–H and O–H groups in total. The van der Waals surface area contributed by atoms with E-state index in [2.05, 4.69) is 23.7 Å². The third-order valence-corrected chi connectivity index (χ3v) is 1.81. The molecule has 1 aromatic rings. The van der Waals surface area contributed by atoms with Crippen LogP contribution in [0.2, 0.25) is 0 Å². The second-order valence-electron chi connectivity index (χ2n) is 3.12. The molecule has 0 bridgehead atoms. The van der Waals surface area contributed by atoms with E-state index >= 15 is 0 Å². The fourth-order valence-electron chi connectivity index (χ4n) is 1.05. The van der Waals surface area contributed by atoms with Crippen LogP contribution in [-0.4, -0.2) is 18.1 Å². The highest BCUT2D eigenvalue weighted by atomic mass is 16.5. The van der Waals surface area contributed by atoms with Crippen molar-refractivity contribution in [1.29, 1.82) is 0 Å². The molecule has 1 aromatic heterocycles. The van der Waals surface area contributed by atoms with Crippen molar-refractivity contribution in [3.63, 3.8) is 0 Å². The van der Waals surface area contributed by atoms with Gasteiger partial charge in [0.2, 0.25) is 0 Å². The maximum Gasteiger partial charge on any atom is 0.138 e. The van der Waals surface area contributed by atoms with Crippen LogP contribution in [0.3, 0.4) is 0 Å². The summed E-state index contributed by atoms with van der Waals surface area (Å²) < 4.78 is 5.51. The lowest BCUT2D eigenvalue weighted by molar-refractivity contribution is 0.308. The summed E-state index contributed by atoms with van der Waals surface area (Å²) in [5.74, 6) is 6.47. The van der Waals surface area contributed by atoms with Crippen molar-refractivity contribution in [2.24, 2.45) is 5.73 Å². The Bertz CT molecular complexity index is 352. The van der Waals surface area contributed by atoms with Crippen molar-refractivity contribution in [1.82, 2.24) is 4.98 Å².